The Morgan fingerprint density at radius 3 is 2.48 bits per heavy atom. The molecule has 0 radical (unpaired) electrons. The lowest BCUT2D eigenvalue weighted by Crippen LogP contribution is -2.14. The van der Waals surface area contributed by atoms with Crippen molar-refractivity contribution in [3.63, 3.8) is 0 Å². The molecule has 0 amide bonds. The summed E-state index contributed by atoms with van der Waals surface area (Å²) in [6.07, 6.45) is 1.33. The molecule has 0 unspecified atom stereocenters. The molecule has 21 heavy (non-hydrogen) atoms. The number of benzene rings is 1. The third kappa shape index (κ3) is 3.57. The predicted octanol–water partition coefficient (Wildman–Crippen LogP) is 1.98. The molecule has 7 heteroatoms. The van der Waals surface area contributed by atoms with Crippen molar-refractivity contribution in [2.45, 2.75) is 11.8 Å². The highest BCUT2D eigenvalue weighted by atomic mass is 32.2. The van der Waals surface area contributed by atoms with Crippen LogP contribution in [0.5, 0.6) is 0 Å². The molecule has 0 bridgehead atoms. The summed E-state index contributed by atoms with van der Waals surface area (Å²) in [5, 5.41) is 0. The molecule has 1 aromatic carbocycles. The Labute approximate surface area is 122 Å². The zero-order chi connectivity index (χ0) is 15.5. The standard InChI is InChI=1S/C14H14N2O4S/c1-10-3-5-12(6-4-10)21(18,19)16-13-9-11(7-8-15-13)14(17)20-2/h3-9H,1-2H3,(H,15,16). The minimum Gasteiger partial charge on any atom is -0.465 e. The van der Waals surface area contributed by atoms with Gasteiger partial charge in [0.25, 0.3) is 10.0 Å². The van der Waals surface area contributed by atoms with Gasteiger partial charge in [-0.3, -0.25) is 4.72 Å². The molecule has 0 saturated heterocycles. The number of carbonyl (C=O) groups is 1. The van der Waals surface area contributed by atoms with Crippen molar-refractivity contribution in [1.82, 2.24) is 4.98 Å². The summed E-state index contributed by atoms with van der Waals surface area (Å²) >= 11 is 0. The number of nitrogens with zero attached hydrogens (tertiary/aromatic N) is 1. The minimum absolute atomic E-state index is 0.0541. The largest absolute Gasteiger partial charge is 0.465 e. The van der Waals surface area contributed by atoms with Crippen LogP contribution in [0.2, 0.25) is 0 Å². The van der Waals surface area contributed by atoms with Crippen molar-refractivity contribution in [2.24, 2.45) is 0 Å². The first-order chi connectivity index (χ1) is 9.92. The number of nitrogens with one attached hydrogen (secondary N) is 1. The minimum atomic E-state index is -3.74. The molecule has 0 aliphatic heterocycles. The SMILES string of the molecule is COC(=O)c1ccnc(NS(=O)(=O)c2ccc(C)cc2)c1. The van der Waals surface area contributed by atoms with E-state index in [-0.39, 0.29) is 16.3 Å². The van der Waals surface area contributed by atoms with E-state index in [0.717, 1.165) is 5.56 Å². The molecule has 0 spiro atoms. The van der Waals surface area contributed by atoms with Crippen LogP contribution < -0.4 is 4.72 Å². The van der Waals surface area contributed by atoms with Gasteiger partial charge in [-0.2, -0.15) is 0 Å². The van der Waals surface area contributed by atoms with Gasteiger partial charge in [-0.1, -0.05) is 17.7 Å². The van der Waals surface area contributed by atoms with Crippen molar-refractivity contribution < 1.29 is 17.9 Å². The van der Waals surface area contributed by atoms with Gasteiger partial charge in [-0.05, 0) is 31.2 Å². The maximum Gasteiger partial charge on any atom is 0.338 e. The second kappa shape index (κ2) is 5.92. The molecule has 110 valence electrons. The van der Waals surface area contributed by atoms with E-state index in [1.807, 2.05) is 6.92 Å². The lowest BCUT2D eigenvalue weighted by Gasteiger charge is -2.08. The molecular formula is C14H14N2O4S. The summed E-state index contributed by atoms with van der Waals surface area (Å²) in [5.74, 6) is -0.508. The molecule has 2 aromatic rings. The van der Waals surface area contributed by atoms with E-state index in [2.05, 4.69) is 14.4 Å². The van der Waals surface area contributed by atoms with Gasteiger partial charge in [0.15, 0.2) is 0 Å². The molecule has 1 N–H and O–H groups in total. The maximum atomic E-state index is 12.2. The molecule has 6 nitrogen and oxygen atoms in total. The number of aromatic nitrogens is 1. The quantitative estimate of drug-likeness (QED) is 0.873. The van der Waals surface area contributed by atoms with Gasteiger partial charge < -0.3 is 4.74 Å². The van der Waals surface area contributed by atoms with Crippen LogP contribution in [-0.4, -0.2) is 26.5 Å². The van der Waals surface area contributed by atoms with Crippen LogP contribution in [0, 0.1) is 6.92 Å². The third-order valence-corrected chi connectivity index (χ3v) is 4.12. The number of anilines is 1. The molecule has 0 fully saturated rings. The first-order valence-corrected chi connectivity index (χ1v) is 7.54. The zero-order valence-electron chi connectivity index (χ0n) is 11.5. The van der Waals surface area contributed by atoms with E-state index in [0.29, 0.717) is 0 Å². The van der Waals surface area contributed by atoms with Crippen LogP contribution in [0.15, 0.2) is 47.5 Å². The van der Waals surface area contributed by atoms with E-state index >= 15 is 0 Å². The van der Waals surface area contributed by atoms with Crippen molar-refractivity contribution in [3.05, 3.63) is 53.7 Å². The summed E-state index contributed by atoms with van der Waals surface area (Å²) < 4.78 is 31.3. The van der Waals surface area contributed by atoms with Gasteiger partial charge in [0.2, 0.25) is 0 Å². The predicted molar refractivity (Wildman–Crippen MR) is 77.6 cm³/mol. The number of aryl methyl sites for hydroxylation is 1. The molecule has 2 rings (SSSR count). The fourth-order valence-corrected chi connectivity index (χ4v) is 2.64. The highest BCUT2D eigenvalue weighted by Crippen LogP contribution is 2.16. The fourth-order valence-electron chi connectivity index (χ4n) is 1.65. The molecular weight excluding hydrogens is 292 g/mol. The number of rotatable bonds is 4. The lowest BCUT2D eigenvalue weighted by atomic mass is 10.2. The van der Waals surface area contributed by atoms with E-state index in [1.54, 1.807) is 12.1 Å². The Bertz CT molecular complexity index is 755. The summed E-state index contributed by atoms with van der Waals surface area (Å²) in [4.78, 5) is 15.4. The smallest absolute Gasteiger partial charge is 0.338 e. The van der Waals surface area contributed by atoms with Gasteiger partial charge in [0.1, 0.15) is 5.82 Å². The average Bonchev–Trinajstić information content (AvgIpc) is 2.46. The van der Waals surface area contributed by atoms with Crippen LogP contribution >= 0.6 is 0 Å². The van der Waals surface area contributed by atoms with Gasteiger partial charge in [0, 0.05) is 6.20 Å². The van der Waals surface area contributed by atoms with E-state index in [1.165, 1.54) is 37.6 Å². The Kier molecular flexibility index (Phi) is 4.23. The highest BCUT2D eigenvalue weighted by molar-refractivity contribution is 7.92. The lowest BCUT2D eigenvalue weighted by molar-refractivity contribution is 0.0600. The van der Waals surface area contributed by atoms with E-state index < -0.39 is 16.0 Å². The van der Waals surface area contributed by atoms with Crippen molar-refractivity contribution in [1.29, 1.82) is 0 Å². The topological polar surface area (TPSA) is 85.4 Å². The Morgan fingerprint density at radius 2 is 1.86 bits per heavy atom. The first-order valence-electron chi connectivity index (χ1n) is 6.06. The Morgan fingerprint density at radius 1 is 1.19 bits per heavy atom. The van der Waals surface area contributed by atoms with Gasteiger partial charge in [-0.15, -0.1) is 0 Å². The molecule has 0 saturated carbocycles. The molecule has 0 aliphatic carbocycles. The van der Waals surface area contributed by atoms with Crippen molar-refractivity contribution in [3.8, 4) is 0 Å². The third-order valence-electron chi connectivity index (χ3n) is 2.75. The molecule has 0 aliphatic rings. The molecule has 1 aromatic heterocycles. The fraction of sp³-hybridized carbons (Fsp3) is 0.143. The monoisotopic (exact) mass is 306 g/mol. The maximum absolute atomic E-state index is 12.2. The van der Waals surface area contributed by atoms with Crippen LogP contribution in [0.3, 0.4) is 0 Å². The van der Waals surface area contributed by atoms with Crippen LogP contribution in [-0.2, 0) is 14.8 Å². The number of hydrogen-bond acceptors (Lipinski definition) is 5. The van der Waals surface area contributed by atoms with Gasteiger partial charge >= 0.3 is 5.97 Å². The van der Waals surface area contributed by atoms with Crippen molar-refractivity contribution >= 4 is 21.8 Å². The zero-order valence-corrected chi connectivity index (χ0v) is 12.3. The second-order valence-electron chi connectivity index (χ2n) is 4.34. The van der Waals surface area contributed by atoms with Crippen LogP contribution in [0.25, 0.3) is 0 Å². The normalized spacial score (nSPS) is 11.0. The number of pyridine rings is 1. The second-order valence-corrected chi connectivity index (χ2v) is 6.02. The highest BCUT2D eigenvalue weighted by Gasteiger charge is 2.15. The number of methoxy groups -OCH3 is 1. The molecule has 0 atom stereocenters. The number of carbonyl (C=O) groups excluding carboxylic acids is 1. The van der Waals surface area contributed by atoms with Gasteiger partial charge in [-0.25, -0.2) is 18.2 Å². The van der Waals surface area contributed by atoms with E-state index in [4.69, 9.17) is 0 Å². The molecule has 1 heterocycles. The van der Waals surface area contributed by atoms with Gasteiger partial charge in [0.05, 0.1) is 17.6 Å². The summed E-state index contributed by atoms with van der Waals surface area (Å²) in [6.45, 7) is 1.87. The Balaban J connectivity index is 2.28. The number of sulfonamides is 1. The number of ether oxygens (including phenoxy) is 1. The summed E-state index contributed by atoms with van der Waals surface area (Å²) in [7, 11) is -2.49. The van der Waals surface area contributed by atoms with Crippen LogP contribution in [0.4, 0.5) is 5.82 Å². The summed E-state index contributed by atoms with van der Waals surface area (Å²) in [5.41, 5.74) is 1.17. The van der Waals surface area contributed by atoms with Crippen LogP contribution in [0.1, 0.15) is 15.9 Å². The van der Waals surface area contributed by atoms with E-state index in [9.17, 15) is 13.2 Å². The first kappa shape index (κ1) is 15.0. The Hall–Kier alpha value is -2.41. The van der Waals surface area contributed by atoms with Crippen molar-refractivity contribution in [2.75, 3.05) is 11.8 Å². The number of hydrogen-bond donors (Lipinski definition) is 1. The number of esters is 1. The summed E-state index contributed by atoms with van der Waals surface area (Å²) in [6, 6.07) is 9.16. The average molecular weight is 306 g/mol.